The molecule has 0 saturated carbocycles. The summed E-state index contributed by atoms with van der Waals surface area (Å²) in [7, 11) is 1.57. The van der Waals surface area contributed by atoms with Crippen LogP contribution in [0.5, 0.6) is 5.75 Å². The maximum absolute atomic E-state index is 5.72. The van der Waals surface area contributed by atoms with Crippen molar-refractivity contribution in [2.45, 2.75) is 0 Å². The summed E-state index contributed by atoms with van der Waals surface area (Å²) < 4.78 is 10.6. The van der Waals surface area contributed by atoms with Crippen LogP contribution in [0.4, 0.5) is 5.69 Å². The molecule has 3 aromatic rings. The third-order valence-electron chi connectivity index (χ3n) is 2.82. The molecule has 2 heterocycles. The van der Waals surface area contributed by atoms with Crippen LogP contribution in [0, 0.1) is 0 Å². The van der Waals surface area contributed by atoms with Crippen molar-refractivity contribution in [2.24, 2.45) is 0 Å². The zero-order valence-electron chi connectivity index (χ0n) is 10.8. The van der Waals surface area contributed by atoms with Crippen molar-refractivity contribution in [1.82, 2.24) is 15.1 Å². The van der Waals surface area contributed by atoms with Gasteiger partial charge in [0.05, 0.1) is 12.7 Å². The summed E-state index contributed by atoms with van der Waals surface area (Å²) >= 11 is 0. The molecular weight excluding hydrogens is 256 g/mol. The highest BCUT2D eigenvalue weighted by Gasteiger charge is 2.14. The molecule has 0 aliphatic carbocycles. The van der Waals surface area contributed by atoms with E-state index in [1.807, 2.05) is 12.1 Å². The molecule has 2 aromatic heterocycles. The topological polar surface area (TPSA) is 87.1 Å². The molecule has 2 N–H and O–H groups in total. The third-order valence-corrected chi connectivity index (χ3v) is 2.82. The minimum atomic E-state index is 0.383. The number of aromatic nitrogens is 3. The highest BCUT2D eigenvalue weighted by Crippen LogP contribution is 2.31. The molecule has 0 aliphatic heterocycles. The lowest BCUT2D eigenvalue weighted by molar-refractivity contribution is 0.405. The molecule has 20 heavy (non-hydrogen) atoms. The number of hydrogen-bond donors (Lipinski definition) is 1. The number of nitrogens with two attached hydrogens (primary N) is 1. The summed E-state index contributed by atoms with van der Waals surface area (Å²) in [6, 6.07) is 8.89. The Hall–Kier alpha value is -2.89. The molecule has 0 unspecified atom stereocenters. The Labute approximate surface area is 115 Å². The summed E-state index contributed by atoms with van der Waals surface area (Å²) in [6.45, 7) is 0. The van der Waals surface area contributed by atoms with Gasteiger partial charge in [-0.2, -0.15) is 4.98 Å². The number of anilines is 1. The first-order valence-corrected chi connectivity index (χ1v) is 5.96. The minimum Gasteiger partial charge on any atom is -0.496 e. The van der Waals surface area contributed by atoms with E-state index >= 15 is 0 Å². The third kappa shape index (κ3) is 2.18. The normalized spacial score (nSPS) is 10.4. The molecule has 0 aliphatic rings. The average Bonchev–Trinajstić information content (AvgIpc) is 2.97. The first kappa shape index (κ1) is 12.2. The number of ether oxygens (including phenoxy) is 1. The van der Waals surface area contributed by atoms with E-state index in [2.05, 4.69) is 15.1 Å². The number of benzene rings is 1. The van der Waals surface area contributed by atoms with Crippen LogP contribution < -0.4 is 10.5 Å². The molecular formula is C14H12N4O2. The number of rotatable bonds is 3. The summed E-state index contributed by atoms with van der Waals surface area (Å²) in [6.07, 6.45) is 3.35. The average molecular weight is 268 g/mol. The van der Waals surface area contributed by atoms with Gasteiger partial charge in [-0.05, 0) is 24.3 Å². The number of nitrogens with zero attached hydrogens (tertiary/aromatic N) is 3. The van der Waals surface area contributed by atoms with Crippen molar-refractivity contribution >= 4 is 5.69 Å². The minimum absolute atomic E-state index is 0.383. The highest BCUT2D eigenvalue weighted by molar-refractivity contribution is 5.68. The van der Waals surface area contributed by atoms with Crippen molar-refractivity contribution in [3.8, 4) is 28.6 Å². The van der Waals surface area contributed by atoms with Gasteiger partial charge in [0, 0.05) is 29.7 Å². The number of hydrogen-bond acceptors (Lipinski definition) is 6. The van der Waals surface area contributed by atoms with E-state index in [1.54, 1.807) is 37.7 Å². The van der Waals surface area contributed by atoms with E-state index in [1.165, 1.54) is 0 Å². The molecule has 0 bridgehead atoms. The van der Waals surface area contributed by atoms with Crippen LogP contribution in [0.25, 0.3) is 22.8 Å². The van der Waals surface area contributed by atoms with Gasteiger partial charge in [-0.1, -0.05) is 5.16 Å². The predicted molar refractivity (Wildman–Crippen MR) is 73.9 cm³/mol. The maximum atomic E-state index is 5.72. The van der Waals surface area contributed by atoms with Crippen LogP contribution in [-0.2, 0) is 0 Å². The standard InChI is InChI=1S/C14H12N4O2/c1-19-12-8-10(15)2-3-11(12)14-17-13(18-20-14)9-4-6-16-7-5-9/h2-8H,15H2,1H3. The Morgan fingerprint density at radius 2 is 1.95 bits per heavy atom. The predicted octanol–water partition coefficient (Wildman–Crippen LogP) is 2.39. The molecule has 1 aromatic carbocycles. The smallest absolute Gasteiger partial charge is 0.262 e. The summed E-state index contributed by atoms with van der Waals surface area (Å²) in [4.78, 5) is 8.32. The second-order valence-electron chi connectivity index (χ2n) is 4.12. The van der Waals surface area contributed by atoms with E-state index in [-0.39, 0.29) is 0 Å². The Kier molecular flexibility index (Phi) is 3.04. The first-order valence-electron chi connectivity index (χ1n) is 5.96. The van der Waals surface area contributed by atoms with Gasteiger partial charge in [0.25, 0.3) is 5.89 Å². The van der Waals surface area contributed by atoms with Gasteiger partial charge in [-0.15, -0.1) is 0 Å². The van der Waals surface area contributed by atoms with E-state index < -0.39 is 0 Å². The highest BCUT2D eigenvalue weighted by atomic mass is 16.5. The van der Waals surface area contributed by atoms with Gasteiger partial charge in [-0.25, -0.2) is 0 Å². The molecule has 0 spiro atoms. The molecule has 0 amide bonds. The van der Waals surface area contributed by atoms with Gasteiger partial charge >= 0.3 is 0 Å². The molecule has 3 rings (SSSR count). The van der Waals surface area contributed by atoms with Gasteiger partial charge in [-0.3, -0.25) is 4.98 Å². The molecule has 100 valence electrons. The van der Waals surface area contributed by atoms with Crippen LogP contribution in [0.15, 0.2) is 47.2 Å². The number of methoxy groups -OCH3 is 1. The SMILES string of the molecule is COc1cc(N)ccc1-c1nc(-c2ccncc2)no1. The zero-order chi connectivity index (χ0) is 13.9. The molecule has 6 nitrogen and oxygen atoms in total. The molecule has 0 saturated heterocycles. The lowest BCUT2D eigenvalue weighted by Crippen LogP contribution is -1.91. The lowest BCUT2D eigenvalue weighted by Gasteiger charge is -2.05. The maximum Gasteiger partial charge on any atom is 0.262 e. The fraction of sp³-hybridized carbons (Fsp3) is 0.0714. The molecule has 6 heteroatoms. The quantitative estimate of drug-likeness (QED) is 0.734. The van der Waals surface area contributed by atoms with E-state index in [9.17, 15) is 0 Å². The van der Waals surface area contributed by atoms with E-state index in [0.29, 0.717) is 28.7 Å². The van der Waals surface area contributed by atoms with Gasteiger partial charge in [0.1, 0.15) is 5.75 Å². The molecule has 0 radical (unpaired) electrons. The second-order valence-corrected chi connectivity index (χ2v) is 4.12. The van der Waals surface area contributed by atoms with E-state index in [4.69, 9.17) is 15.0 Å². The van der Waals surface area contributed by atoms with Crippen molar-refractivity contribution in [2.75, 3.05) is 12.8 Å². The van der Waals surface area contributed by atoms with Crippen molar-refractivity contribution < 1.29 is 9.26 Å². The lowest BCUT2D eigenvalue weighted by atomic mass is 10.2. The van der Waals surface area contributed by atoms with Crippen LogP contribution in [0.1, 0.15) is 0 Å². The Balaban J connectivity index is 2.02. The molecule has 0 fully saturated rings. The monoisotopic (exact) mass is 268 g/mol. The van der Waals surface area contributed by atoms with Gasteiger partial charge in [0.2, 0.25) is 5.82 Å². The summed E-state index contributed by atoms with van der Waals surface area (Å²) in [5, 5.41) is 3.96. The molecule has 0 atom stereocenters. The Morgan fingerprint density at radius 3 is 2.70 bits per heavy atom. The van der Waals surface area contributed by atoms with Crippen molar-refractivity contribution in [1.29, 1.82) is 0 Å². The van der Waals surface area contributed by atoms with Gasteiger partial charge < -0.3 is 15.0 Å². The Bertz CT molecular complexity index is 725. The first-order chi connectivity index (χ1) is 9.78. The van der Waals surface area contributed by atoms with E-state index in [0.717, 1.165) is 5.56 Å². The number of nitrogen functional groups attached to an aromatic ring is 1. The van der Waals surface area contributed by atoms with Crippen LogP contribution >= 0.6 is 0 Å². The second kappa shape index (κ2) is 5.00. The fourth-order valence-corrected chi connectivity index (χ4v) is 1.84. The van der Waals surface area contributed by atoms with Crippen LogP contribution in [-0.4, -0.2) is 22.2 Å². The largest absolute Gasteiger partial charge is 0.496 e. The van der Waals surface area contributed by atoms with Crippen LogP contribution in [0.3, 0.4) is 0 Å². The van der Waals surface area contributed by atoms with Crippen molar-refractivity contribution in [3.05, 3.63) is 42.7 Å². The summed E-state index contributed by atoms with van der Waals surface area (Å²) in [5.74, 6) is 1.48. The Morgan fingerprint density at radius 1 is 1.15 bits per heavy atom. The fourth-order valence-electron chi connectivity index (χ4n) is 1.84. The van der Waals surface area contributed by atoms with Crippen LogP contribution in [0.2, 0.25) is 0 Å². The van der Waals surface area contributed by atoms with Gasteiger partial charge in [0.15, 0.2) is 0 Å². The summed E-state index contributed by atoms with van der Waals surface area (Å²) in [5.41, 5.74) is 7.88. The van der Waals surface area contributed by atoms with Crippen molar-refractivity contribution in [3.63, 3.8) is 0 Å². The number of pyridine rings is 1. The zero-order valence-corrected chi connectivity index (χ0v) is 10.8.